The van der Waals surface area contributed by atoms with Crippen molar-refractivity contribution in [2.24, 2.45) is 5.92 Å². The van der Waals surface area contributed by atoms with Gasteiger partial charge in [-0.2, -0.15) is 0 Å². The van der Waals surface area contributed by atoms with E-state index in [2.05, 4.69) is 0 Å². The topological polar surface area (TPSA) is 43.7 Å². The number of nitrogens with zero attached hydrogens (tertiary/aromatic N) is 2. The molecule has 0 saturated carbocycles. The number of hydrogen-bond acceptors (Lipinski definition) is 3. The average Bonchev–Trinajstić information content (AvgIpc) is 3.15. The van der Waals surface area contributed by atoms with Gasteiger partial charge in [0.05, 0.1) is 13.7 Å². The number of hydrogen-bond donors (Lipinski definition) is 0. The molecule has 0 spiro atoms. The third-order valence-electron chi connectivity index (χ3n) is 5.38. The van der Waals surface area contributed by atoms with Crippen LogP contribution in [0.2, 0.25) is 0 Å². The number of amides is 1. The Labute approximate surface area is 165 Å². The number of aromatic nitrogens is 1. The van der Waals surface area contributed by atoms with Gasteiger partial charge in [-0.3, -0.25) is 4.79 Å². The van der Waals surface area contributed by atoms with E-state index in [-0.39, 0.29) is 5.91 Å². The Kier molecular flexibility index (Phi) is 5.51. The second-order valence-corrected chi connectivity index (χ2v) is 7.34. The minimum absolute atomic E-state index is 0.165. The molecule has 4 rings (SSSR count). The number of methoxy groups -OCH3 is 1. The lowest BCUT2D eigenvalue weighted by molar-refractivity contribution is -0.133. The second kappa shape index (κ2) is 8.38. The molecule has 2 heterocycles. The minimum Gasteiger partial charge on any atom is -0.497 e. The van der Waals surface area contributed by atoms with Crippen LogP contribution < -0.4 is 9.47 Å². The second-order valence-electron chi connectivity index (χ2n) is 7.34. The van der Waals surface area contributed by atoms with Gasteiger partial charge in [-0.25, -0.2) is 0 Å². The summed E-state index contributed by atoms with van der Waals surface area (Å²) in [5.74, 6) is 2.26. The molecule has 1 aromatic heterocycles. The molecule has 1 amide bonds. The zero-order valence-electron chi connectivity index (χ0n) is 16.2. The van der Waals surface area contributed by atoms with Crippen molar-refractivity contribution in [2.75, 3.05) is 26.8 Å². The molecule has 1 atom stereocenters. The fourth-order valence-corrected chi connectivity index (χ4v) is 3.85. The van der Waals surface area contributed by atoms with Gasteiger partial charge in [0.1, 0.15) is 18.0 Å². The van der Waals surface area contributed by atoms with Gasteiger partial charge in [-0.1, -0.05) is 18.2 Å². The van der Waals surface area contributed by atoms with Crippen LogP contribution in [0.4, 0.5) is 0 Å². The summed E-state index contributed by atoms with van der Waals surface area (Å²) in [6, 6.07) is 17.8. The molecule has 146 valence electrons. The lowest BCUT2D eigenvalue weighted by Gasteiger charge is -2.33. The third-order valence-corrected chi connectivity index (χ3v) is 5.38. The van der Waals surface area contributed by atoms with Crippen LogP contribution in [-0.2, 0) is 11.3 Å². The number of ether oxygens (including phenoxy) is 2. The molecule has 1 unspecified atom stereocenters. The van der Waals surface area contributed by atoms with Crippen LogP contribution in [0, 0.1) is 5.92 Å². The van der Waals surface area contributed by atoms with E-state index in [1.807, 2.05) is 70.3 Å². The molecule has 2 aromatic carbocycles. The Bertz CT molecular complexity index is 935. The van der Waals surface area contributed by atoms with Crippen molar-refractivity contribution < 1.29 is 14.3 Å². The van der Waals surface area contributed by atoms with E-state index in [4.69, 9.17) is 9.47 Å². The van der Waals surface area contributed by atoms with E-state index in [0.29, 0.717) is 19.1 Å². The van der Waals surface area contributed by atoms with Crippen LogP contribution in [0.5, 0.6) is 11.5 Å². The fourth-order valence-electron chi connectivity index (χ4n) is 3.85. The summed E-state index contributed by atoms with van der Waals surface area (Å²) in [6.45, 7) is 2.61. The van der Waals surface area contributed by atoms with Crippen molar-refractivity contribution in [3.05, 3.63) is 60.8 Å². The van der Waals surface area contributed by atoms with Crippen LogP contribution in [0.25, 0.3) is 10.9 Å². The molecule has 0 aliphatic carbocycles. The van der Waals surface area contributed by atoms with Crippen molar-refractivity contribution in [1.29, 1.82) is 0 Å². The first-order valence-corrected chi connectivity index (χ1v) is 9.81. The molecule has 28 heavy (non-hydrogen) atoms. The van der Waals surface area contributed by atoms with Crippen molar-refractivity contribution in [1.82, 2.24) is 9.47 Å². The van der Waals surface area contributed by atoms with Crippen LogP contribution in [-0.4, -0.2) is 42.2 Å². The molecular formula is C23H26N2O3. The van der Waals surface area contributed by atoms with E-state index >= 15 is 0 Å². The number of para-hydroxylation sites is 1. The van der Waals surface area contributed by atoms with Gasteiger partial charge >= 0.3 is 0 Å². The van der Waals surface area contributed by atoms with Crippen molar-refractivity contribution in [3.63, 3.8) is 0 Å². The number of rotatable bonds is 6. The Morgan fingerprint density at radius 3 is 2.79 bits per heavy atom. The molecule has 1 aliphatic rings. The number of fused-ring (bicyclic) bond motifs is 1. The molecule has 0 bridgehead atoms. The summed E-state index contributed by atoms with van der Waals surface area (Å²) >= 11 is 0. The summed E-state index contributed by atoms with van der Waals surface area (Å²) in [5, 5.41) is 1.08. The van der Waals surface area contributed by atoms with E-state index in [1.165, 1.54) is 0 Å². The number of benzene rings is 2. The summed E-state index contributed by atoms with van der Waals surface area (Å²) in [7, 11) is 1.66. The monoisotopic (exact) mass is 378 g/mol. The van der Waals surface area contributed by atoms with E-state index < -0.39 is 0 Å². The van der Waals surface area contributed by atoms with Crippen molar-refractivity contribution in [3.8, 4) is 11.5 Å². The van der Waals surface area contributed by atoms with Crippen molar-refractivity contribution in [2.45, 2.75) is 19.4 Å². The highest BCUT2D eigenvalue weighted by molar-refractivity contribution is 5.84. The third kappa shape index (κ3) is 4.14. The summed E-state index contributed by atoms with van der Waals surface area (Å²) in [5.41, 5.74) is 1.05. The first-order valence-electron chi connectivity index (χ1n) is 9.81. The summed E-state index contributed by atoms with van der Waals surface area (Å²) in [4.78, 5) is 14.9. The first-order chi connectivity index (χ1) is 13.7. The van der Waals surface area contributed by atoms with E-state index in [9.17, 15) is 4.79 Å². The molecule has 0 radical (unpaired) electrons. The SMILES string of the molecule is COc1ccc2c(ccn2CC(=O)N2CCCC(COc3ccccc3)C2)c1. The largest absolute Gasteiger partial charge is 0.497 e. The minimum atomic E-state index is 0.165. The van der Waals surface area contributed by atoms with Gasteiger partial charge in [-0.15, -0.1) is 0 Å². The Hall–Kier alpha value is -2.95. The fraction of sp³-hybridized carbons (Fsp3) is 0.348. The van der Waals surface area contributed by atoms with Crippen LogP contribution >= 0.6 is 0 Å². The van der Waals surface area contributed by atoms with Gasteiger partial charge < -0.3 is 18.9 Å². The maximum absolute atomic E-state index is 12.9. The van der Waals surface area contributed by atoms with Gasteiger partial charge in [0.15, 0.2) is 0 Å². The molecule has 5 heteroatoms. The Morgan fingerprint density at radius 2 is 1.96 bits per heavy atom. The highest BCUT2D eigenvalue weighted by Crippen LogP contribution is 2.23. The molecule has 0 N–H and O–H groups in total. The number of carbonyl (C=O) groups excluding carboxylic acids is 1. The van der Waals surface area contributed by atoms with Gasteiger partial charge in [0, 0.05) is 36.1 Å². The van der Waals surface area contributed by atoms with Crippen LogP contribution in [0.3, 0.4) is 0 Å². The standard InChI is InChI=1S/C23H26N2O3/c1-27-21-9-10-22-19(14-21)11-13-24(22)16-23(26)25-12-5-6-18(15-25)17-28-20-7-3-2-4-8-20/h2-4,7-11,13-14,18H,5-6,12,15-17H2,1H3. The average molecular weight is 378 g/mol. The zero-order chi connectivity index (χ0) is 19.3. The van der Waals surface area contributed by atoms with Crippen LogP contribution in [0.15, 0.2) is 60.8 Å². The van der Waals surface area contributed by atoms with Gasteiger partial charge in [-0.05, 0) is 49.2 Å². The highest BCUT2D eigenvalue weighted by Gasteiger charge is 2.24. The molecule has 3 aromatic rings. The molecule has 1 fully saturated rings. The number of carbonyl (C=O) groups is 1. The van der Waals surface area contributed by atoms with Gasteiger partial charge in [0.25, 0.3) is 0 Å². The smallest absolute Gasteiger partial charge is 0.242 e. The number of piperidine rings is 1. The molecular weight excluding hydrogens is 352 g/mol. The predicted molar refractivity (Wildman–Crippen MR) is 110 cm³/mol. The van der Waals surface area contributed by atoms with E-state index in [0.717, 1.165) is 48.3 Å². The summed E-state index contributed by atoms with van der Waals surface area (Å²) < 4.78 is 13.2. The predicted octanol–water partition coefficient (Wildman–Crippen LogP) is 3.97. The van der Waals surface area contributed by atoms with E-state index in [1.54, 1.807) is 7.11 Å². The summed E-state index contributed by atoms with van der Waals surface area (Å²) in [6.07, 6.45) is 4.10. The lowest BCUT2D eigenvalue weighted by Crippen LogP contribution is -2.43. The maximum Gasteiger partial charge on any atom is 0.242 e. The molecule has 5 nitrogen and oxygen atoms in total. The Balaban J connectivity index is 1.36. The molecule has 1 aliphatic heterocycles. The maximum atomic E-state index is 12.9. The van der Waals surface area contributed by atoms with Crippen LogP contribution in [0.1, 0.15) is 12.8 Å². The lowest BCUT2D eigenvalue weighted by atomic mass is 9.99. The number of likely N-dealkylation sites (tertiary alicyclic amines) is 1. The molecule has 1 saturated heterocycles. The highest BCUT2D eigenvalue weighted by atomic mass is 16.5. The Morgan fingerprint density at radius 1 is 1.11 bits per heavy atom. The normalized spacial score (nSPS) is 16.9. The quantitative estimate of drug-likeness (QED) is 0.652. The first kappa shape index (κ1) is 18.4. The zero-order valence-corrected chi connectivity index (χ0v) is 16.2. The van der Waals surface area contributed by atoms with Gasteiger partial charge in [0.2, 0.25) is 5.91 Å². The van der Waals surface area contributed by atoms with Crippen molar-refractivity contribution >= 4 is 16.8 Å².